The van der Waals surface area contributed by atoms with Crippen molar-refractivity contribution < 1.29 is 14.3 Å². The monoisotopic (exact) mass is 220 g/mol. The van der Waals surface area contributed by atoms with Gasteiger partial charge in [0.1, 0.15) is 5.78 Å². The zero-order chi connectivity index (χ0) is 11.8. The molecule has 0 heterocycles. The van der Waals surface area contributed by atoms with Crippen molar-refractivity contribution in [2.75, 3.05) is 7.11 Å². The predicted molar refractivity (Wildman–Crippen MR) is 61.0 cm³/mol. The molecule has 0 spiro atoms. The van der Waals surface area contributed by atoms with Gasteiger partial charge in [0.25, 0.3) is 0 Å². The van der Waals surface area contributed by atoms with Gasteiger partial charge in [-0.15, -0.1) is 0 Å². The van der Waals surface area contributed by atoms with E-state index in [2.05, 4.69) is 4.74 Å². The first-order chi connectivity index (χ1) is 7.72. The molecule has 0 aliphatic heterocycles. The number of hydrogen-bond donors (Lipinski definition) is 0. The fourth-order valence-corrected chi connectivity index (χ4v) is 1.44. The van der Waals surface area contributed by atoms with Crippen LogP contribution < -0.4 is 0 Å². The van der Waals surface area contributed by atoms with E-state index < -0.39 is 0 Å². The predicted octanol–water partition coefficient (Wildman–Crippen LogP) is 2.14. The first kappa shape index (κ1) is 12.4. The smallest absolute Gasteiger partial charge is 0.305 e. The molecule has 0 saturated heterocycles. The molecule has 0 fully saturated rings. The largest absolute Gasteiger partial charge is 0.469 e. The molecule has 0 bridgehead atoms. The first-order valence-electron chi connectivity index (χ1n) is 5.35. The fraction of sp³-hybridized carbons (Fsp3) is 0.385. The summed E-state index contributed by atoms with van der Waals surface area (Å²) in [5, 5.41) is 0. The lowest BCUT2D eigenvalue weighted by molar-refractivity contribution is -0.140. The van der Waals surface area contributed by atoms with Crippen molar-refractivity contribution in [2.24, 2.45) is 0 Å². The molecule has 16 heavy (non-hydrogen) atoms. The van der Waals surface area contributed by atoms with Crippen LogP contribution in [0.1, 0.15) is 24.8 Å². The van der Waals surface area contributed by atoms with Crippen molar-refractivity contribution >= 4 is 11.8 Å². The SMILES string of the molecule is COC(=O)CCCC(=O)Cc1ccccc1. The van der Waals surface area contributed by atoms with Crippen LogP contribution in [0.3, 0.4) is 0 Å². The summed E-state index contributed by atoms with van der Waals surface area (Å²) in [5.41, 5.74) is 1.02. The van der Waals surface area contributed by atoms with Gasteiger partial charge in [-0.3, -0.25) is 9.59 Å². The second-order valence-corrected chi connectivity index (χ2v) is 3.63. The molecule has 1 rings (SSSR count). The summed E-state index contributed by atoms with van der Waals surface area (Å²) in [6.45, 7) is 0. The number of Topliss-reactive ketones (excluding diaryl/α,β-unsaturated/α-hetero) is 1. The van der Waals surface area contributed by atoms with Crippen LogP contribution in [-0.2, 0) is 20.7 Å². The molecule has 0 aliphatic rings. The maximum Gasteiger partial charge on any atom is 0.305 e. The summed E-state index contributed by atoms with van der Waals surface area (Å²) in [4.78, 5) is 22.3. The van der Waals surface area contributed by atoms with E-state index in [1.807, 2.05) is 30.3 Å². The van der Waals surface area contributed by atoms with E-state index in [1.54, 1.807) is 0 Å². The normalized spacial score (nSPS) is 9.81. The average molecular weight is 220 g/mol. The second-order valence-electron chi connectivity index (χ2n) is 3.63. The van der Waals surface area contributed by atoms with E-state index in [1.165, 1.54) is 7.11 Å². The Kier molecular flexibility index (Phi) is 5.26. The Balaban J connectivity index is 2.24. The molecule has 0 N–H and O–H groups in total. The lowest BCUT2D eigenvalue weighted by Gasteiger charge is -2.01. The lowest BCUT2D eigenvalue weighted by Crippen LogP contribution is -2.05. The minimum absolute atomic E-state index is 0.162. The third kappa shape index (κ3) is 4.73. The Hall–Kier alpha value is -1.64. The highest BCUT2D eigenvalue weighted by Crippen LogP contribution is 2.05. The number of carbonyl (C=O) groups is 2. The Bertz CT molecular complexity index is 343. The van der Waals surface area contributed by atoms with Gasteiger partial charge in [-0.25, -0.2) is 0 Å². The third-order valence-electron chi connectivity index (χ3n) is 2.31. The Labute approximate surface area is 95.4 Å². The Morgan fingerprint density at radius 1 is 1.12 bits per heavy atom. The van der Waals surface area contributed by atoms with Crippen LogP contribution in [0.15, 0.2) is 30.3 Å². The lowest BCUT2D eigenvalue weighted by atomic mass is 10.1. The van der Waals surface area contributed by atoms with E-state index in [9.17, 15) is 9.59 Å². The van der Waals surface area contributed by atoms with E-state index >= 15 is 0 Å². The van der Waals surface area contributed by atoms with Crippen molar-refractivity contribution in [1.29, 1.82) is 0 Å². The van der Waals surface area contributed by atoms with E-state index in [0.29, 0.717) is 25.7 Å². The van der Waals surface area contributed by atoms with Crippen molar-refractivity contribution in [3.63, 3.8) is 0 Å². The highest BCUT2D eigenvalue weighted by atomic mass is 16.5. The zero-order valence-corrected chi connectivity index (χ0v) is 9.44. The van der Waals surface area contributed by atoms with Crippen LogP contribution in [0.4, 0.5) is 0 Å². The maximum absolute atomic E-state index is 11.5. The van der Waals surface area contributed by atoms with Crippen LogP contribution in [0.2, 0.25) is 0 Å². The summed E-state index contributed by atoms with van der Waals surface area (Å²) < 4.78 is 4.50. The molecule has 1 aromatic rings. The quantitative estimate of drug-likeness (QED) is 0.690. The zero-order valence-electron chi connectivity index (χ0n) is 9.44. The van der Waals surface area contributed by atoms with Gasteiger partial charge in [0.2, 0.25) is 0 Å². The molecule has 86 valence electrons. The van der Waals surface area contributed by atoms with Gasteiger partial charge in [0.15, 0.2) is 0 Å². The molecule has 0 saturated carbocycles. The number of ether oxygens (including phenoxy) is 1. The van der Waals surface area contributed by atoms with Crippen molar-refractivity contribution in [1.82, 2.24) is 0 Å². The molecule has 3 nitrogen and oxygen atoms in total. The topological polar surface area (TPSA) is 43.4 Å². The first-order valence-corrected chi connectivity index (χ1v) is 5.35. The molecular formula is C13H16O3. The molecule has 1 aromatic carbocycles. The van der Waals surface area contributed by atoms with Gasteiger partial charge in [0.05, 0.1) is 7.11 Å². The molecular weight excluding hydrogens is 204 g/mol. The summed E-state index contributed by atoms with van der Waals surface area (Å²) in [6.07, 6.45) is 1.77. The molecule has 0 amide bonds. The Morgan fingerprint density at radius 3 is 2.44 bits per heavy atom. The van der Waals surface area contributed by atoms with Gasteiger partial charge in [-0.2, -0.15) is 0 Å². The van der Waals surface area contributed by atoms with Crippen molar-refractivity contribution in [2.45, 2.75) is 25.7 Å². The second kappa shape index (κ2) is 6.77. The van der Waals surface area contributed by atoms with Crippen LogP contribution in [0.5, 0.6) is 0 Å². The number of carbonyl (C=O) groups excluding carboxylic acids is 2. The van der Waals surface area contributed by atoms with Gasteiger partial charge in [-0.05, 0) is 12.0 Å². The van der Waals surface area contributed by atoms with E-state index in [0.717, 1.165) is 5.56 Å². The number of esters is 1. The summed E-state index contributed by atoms with van der Waals surface area (Å²) in [6, 6.07) is 9.61. The van der Waals surface area contributed by atoms with Gasteiger partial charge in [0, 0.05) is 19.3 Å². The minimum Gasteiger partial charge on any atom is -0.469 e. The van der Waals surface area contributed by atoms with Crippen molar-refractivity contribution in [3.8, 4) is 0 Å². The standard InChI is InChI=1S/C13H16O3/c1-16-13(15)9-5-8-12(14)10-11-6-3-2-4-7-11/h2-4,6-7H,5,8-10H2,1H3. The number of methoxy groups -OCH3 is 1. The Morgan fingerprint density at radius 2 is 1.81 bits per heavy atom. The average Bonchev–Trinajstić information content (AvgIpc) is 2.30. The molecule has 0 atom stereocenters. The molecule has 0 aromatic heterocycles. The number of hydrogen-bond acceptors (Lipinski definition) is 3. The van der Waals surface area contributed by atoms with E-state index in [-0.39, 0.29) is 11.8 Å². The van der Waals surface area contributed by atoms with Crippen LogP contribution in [-0.4, -0.2) is 18.9 Å². The van der Waals surface area contributed by atoms with Crippen molar-refractivity contribution in [3.05, 3.63) is 35.9 Å². The van der Waals surface area contributed by atoms with Crippen LogP contribution >= 0.6 is 0 Å². The highest BCUT2D eigenvalue weighted by molar-refractivity contribution is 5.81. The van der Waals surface area contributed by atoms with Crippen LogP contribution in [0, 0.1) is 0 Å². The summed E-state index contributed by atoms with van der Waals surface area (Å²) >= 11 is 0. The van der Waals surface area contributed by atoms with Gasteiger partial charge in [-0.1, -0.05) is 30.3 Å². The number of rotatable bonds is 6. The number of benzene rings is 1. The molecule has 0 unspecified atom stereocenters. The van der Waals surface area contributed by atoms with Gasteiger partial charge < -0.3 is 4.74 Å². The van der Waals surface area contributed by atoms with Gasteiger partial charge >= 0.3 is 5.97 Å². The fourth-order valence-electron chi connectivity index (χ4n) is 1.44. The maximum atomic E-state index is 11.5. The molecule has 0 aliphatic carbocycles. The summed E-state index contributed by atoms with van der Waals surface area (Å²) in [5.74, 6) is -0.0948. The number of ketones is 1. The minimum atomic E-state index is -0.257. The summed E-state index contributed by atoms with van der Waals surface area (Å²) in [7, 11) is 1.36. The highest BCUT2D eigenvalue weighted by Gasteiger charge is 2.05. The third-order valence-corrected chi connectivity index (χ3v) is 2.31. The van der Waals surface area contributed by atoms with E-state index in [4.69, 9.17) is 0 Å². The van der Waals surface area contributed by atoms with Crippen LogP contribution in [0.25, 0.3) is 0 Å². The molecule has 3 heteroatoms. The molecule has 0 radical (unpaired) electrons.